The van der Waals surface area contributed by atoms with Gasteiger partial charge in [0.15, 0.2) is 5.03 Å². The third-order valence-corrected chi connectivity index (χ3v) is 4.85. The monoisotopic (exact) mass is 303 g/mol. The molecule has 1 aliphatic rings. The number of ether oxygens (including phenoxy) is 1. The summed E-state index contributed by atoms with van der Waals surface area (Å²) in [6, 6.07) is 0.171. The maximum atomic E-state index is 12.2. The van der Waals surface area contributed by atoms with E-state index >= 15 is 0 Å². The first-order chi connectivity index (χ1) is 9.42. The first-order valence-electron chi connectivity index (χ1n) is 6.22. The number of carboxylic acids is 1. The van der Waals surface area contributed by atoms with Gasteiger partial charge in [0.25, 0.3) is 10.0 Å². The van der Waals surface area contributed by atoms with Crippen LogP contribution in [0.3, 0.4) is 0 Å². The topological polar surface area (TPSA) is 111 Å². The molecule has 0 aromatic carbocycles. The van der Waals surface area contributed by atoms with Gasteiger partial charge in [-0.15, -0.1) is 0 Å². The number of rotatable bonds is 5. The number of aromatic nitrogens is 2. The van der Waals surface area contributed by atoms with Gasteiger partial charge in [0.05, 0.1) is 6.20 Å². The molecule has 20 heavy (non-hydrogen) atoms. The minimum atomic E-state index is -3.91. The average Bonchev–Trinajstić information content (AvgIpc) is 2.84. The lowest BCUT2D eigenvalue weighted by Crippen LogP contribution is -2.47. The molecule has 2 N–H and O–H groups in total. The molecule has 1 fully saturated rings. The second-order valence-corrected chi connectivity index (χ2v) is 6.34. The van der Waals surface area contributed by atoms with Gasteiger partial charge in [-0.3, -0.25) is 9.48 Å². The predicted octanol–water partition coefficient (Wildman–Crippen LogP) is -0.422. The highest BCUT2D eigenvalue weighted by atomic mass is 32.2. The van der Waals surface area contributed by atoms with Crippen LogP contribution in [0, 0.1) is 5.92 Å². The summed E-state index contributed by atoms with van der Waals surface area (Å²) in [5, 5.41) is 13.0. The molecule has 112 valence electrons. The summed E-state index contributed by atoms with van der Waals surface area (Å²) >= 11 is 0. The molecule has 0 aliphatic carbocycles. The number of carboxylic acid groups (broad SMARTS) is 1. The number of nitrogens with zero attached hydrogens (tertiary/aromatic N) is 2. The third kappa shape index (κ3) is 3.17. The molecule has 0 radical (unpaired) electrons. The van der Waals surface area contributed by atoms with Gasteiger partial charge in [-0.05, 0) is 24.8 Å². The van der Waals surface area contributed by atoms with Gasteiger partial charge < -0.3 is 9.84 Å². The standard InChI is InChI=1S/C11H17N3O5S/c1-14-9(2-5-12-14)20(17,18)13-10(11(15)16)8-3-6-19-7-4-8/h2,5,8,10,13H,3-4,6-7H2,1H3,(H,15,16). The minimum absolute atomic E-state index is 0.0594. The number of aliphatic carboxylic acids is 1. The lowest BCUT2D eigenvalue weighted by Gasteiger charge is -2.27. The van der Waals surface area contributed by atoms with Crippen molar-refractivity contribution in [3.8, 4) is 0 Å². The van der Waals surface area contributed by atoms with Crippen LogP contribution in [-0.2, 0) is 26.6 Å². The van der Waals surface area contributed by atoms with Gasteiger partial charge in [0, 0.05) is 20.3 Å². The molecule has 1 aromatic heterocycles. The second-order valence-electron chi connectivity index (χ2n) is 4.68. The quantitative estimate of drug-likeness (QED) is 0.764. The molecule has 2 rings (SSSR count). The molecule has 1 aromatic rings. The van der Waals surface area contributed by atoms with Crippen LogP contribution in [0.25, 0.3) is 0 Å². The smallest absolute Gasteiger partial charge is 0.322 e. The first-order valence-corrected chi connectivity index (χ1v) is 7.71. The van der Waals surface area contributed by atoms with E-state index in [1.165, 1.54) is 24.0 Å². The Bertz CT molecular complexity index is 577. The summed E-state index contributed by atoms with van der Waals surface area (Å²) in [7, 11) is -2.43. The Morgan fingerprint density at radius 3 is 2.70 bits per heavy atom. The summed E-state index contributed by atoms with van der Waals surface area (Å²) in [6.45, 7) is 0.893. The molecular formula is C11H17N3O5S. The van der Waals surface area contributed by atoms with Crippen molar-refractivity contribution in [3.05, 3.63) is 12.3 Å². The highest BCUT2D eigenvalue weighted by Crippen LogP contribution is 2.21. The lowest BCUT2D eigenvalue weighted by molar-refractivity contribution is -0.141. The fraction of sp³-hybridized carbons (Fsp3) is 0.636. The average molecular weight is 303 g/mol. The van der Waals surface area contributed by atoms with E-state index in [4.69, 9.17) is 4.74 Å². The fourth-order valence-corrected chi connectivity index (χ4v) is 3.63. The van der Waals surface area contributed by atoms with E-state index in [9.17, 15) is 18.3 Å². The van der Waals surface area contributed by atoms with Crippen molar-refractivity contribution in [2.24, 2.45) is 13.0 Å². The van der Waals surface area contributed by atoms with Crippen LogP contribution < -0.4 is 4.72 Å². The van der Waals surface area contributed by atoms with Crippen molar-refractivity contribution >= 4 is 16.0 Å². The van der Waals surface area contributed by atoms with Crippen molar-refractivity contribution in [3.63, 3.8) is 0 Å². The molecule has 1 aliphatic heterocycles. The number of nitrogens with one attached hydrogen (secondary N) is 1. The van der Waals surface area contributed by atoms with Crippen molar-refractivity contribution in [2.45, 2.75) is 23.9 Å². The lowest BCUT2D eigenvalue weighted by atomic mass is 9.92. The summed E-state index contributed by atoms with van der Waals surface area (Å²) in [6.07, 6.45) is 2.38. The SMILES string of the molecule is Cn1nccc1S(=O)(=O)NC(C(=O)O)C1CCOCC1. The Kier molecular flexibility index (Phi) is 4.41. The van der Waals surface area contributed by atoms with Crippen LogP contribution in [-0.4, -0.2) is 48.5 Å². The molecule has 1 atom stereocenters. The van der Waals surface area contributed by atoms with Crippen LogP contribution in [0.15, 0.2) is 17.3 Å². The van der Waals surface area contributed by atoms with E-state index in [1.807, 2.05) is 0 Å². The maximum absolute atomic E-state index is 12.2. The highest BCUT2D eigenvalue weighted by Gasteiger charge is 2.34. The molecule has 0 amide bonds. The van der Waals surface area contributed by atoms with Gasteiger partial charge in [0.2, 0.25) is 0 Å². The van der Waals surface area contributed by atoms with Crippen molar-refractivity contribution in [1.82, 2.24) is 14.5 Å². The summed E-state index contributed by atoms with van der Waals surface area (Å²) in [5.74, 6) is -1.45. The molecule has 0 saturated carbocycles. The minimum Gasteiger partial charge on any atom is -0.480 e. The van der Waals surface area contributed by atoms with Gasteiger partial charge in [-0.25, -0.2) is 8.42 Å². The molecule has 8 nitrogen and oxygen atoms in total. The van der Waals surface area contributed by atoms with Crippen molar-refractivity contribution in [2.75, 3.05) is 13.2 Å². The van der Waals surface area contributed by atoms with Gasteiger partial charge in [0.1, 0.15) is 6.04 Å². The molecule has 2 heterocycles. The van der Waals surface area contributed by atoms with Crippen molar-refractivity contribution in [1.29, 1.82) is 0 Å². The molecule has 1 saturated heterocycles. The zero-order chi connectivity index (χ0) is 14.8. The van der Waals surface area contributed by atoms with E-state index in [1.54, 1.807) is 0 Å². The zero-order valence-corrected chi connectivity index (χ0v) is 11.8. The molecule has 0 spiro atoms. The summed E-state index contributed by atoms with van der Waals surface area (Å²) in [4.78, 5) is 11.3. The van der Waals surface area contributed by atoms with Crippen LogP contribution >= 0.6 is 0 Å². The van der Waals surface area contributed by atoms with Gasteiger partial charge >= 0.3 is 5.97 Å². The van der Waals surface area contributed by atoms with E-state index in [0.29, 0.717) is 26.1 Å². The van der Waals surface area contributed by atoms with Crippen LogP contribution in [0.4, 0.5) is 0 Å². The summed E-state index contributed by atoms with van der Waals surface area (Å²) < 4.78 is 33.0. The Labute approximate surface area is 116 Å². The predicted molar refractivity (Wildman–Crippen MR) is 68.5 cm³/mol. The first kappa shape index (κ1) is 14.9. The van der Waals surface area contributed by atoms with Crippen LogP contribution in [0.5, 0.6) is 0 Å². The normalized spacial score (nSPS) is 18.9. The molecular weight excluding hydrogens is 286 g/mol. The van der Waals surface area contributed by atoms with Gasteiger partial charge in [-0.1, -0.05) is 0 Å². The maximum Gasteiger partial charge on any atom is 0.322 e. The number of sulfonamides is 1. The van der Waals surface area contributed by atoms with Crippen molar-refractivity contribution < 1.29 is 23.1 Å². The Morgan fingerprint density at radius 1 is 1.55 bits per heavy atom. The number of hydrogen-bond donors (Lipinski definition) is 2. The van der Waals surface area contributed by atoms with Gasteiger partial charge in [-0.2, -0.15) is 9.82 Å². The number of carbonyl (C=O) groups is 1. The Hall–Kier alpha value is -1.45. The van der Waals surface area contributed by atoms with Crippen LogP contribution in [0.2, 0.25) is 0 Å². The Morgan fingerprint density at radius 2 is 2.20 bits per heavy atom. The van der Waals surface area contributed by atoms with E-state index in [2.05, 4.69) is 9.82 Å². The second kappa shape index (κ2) is 5.90. The Balaban J connectivity index is 2.19. The number of aryl methyl sites for hydroxylation is 1. The largest absolute Gasteiger partial charge is 0.480 e. The third-order valence-electron chi connectivity index (χ3n) is 3.34. The molecule has 0 bridgehead atoms. The highest BCUT2D eigenvalue weighted by molar-refractivity contribution is 7.89. The molecule has 9 heteroatoms. The van der Waals surface area contributed by atoms with Crippen LogP contribution in [0.1, 0.15) is 12.8 Å². The van der Waals surface area contributed by atoms with E-state index in [-0.39, 0.29) is 10.9 Å². The van der Waals surface area contributed by atoms with E-state index < -0.39 is 22.0 Å². The number of hydrogen-bond acceptors (Lipinski definition) is 5. The summed E-state index contributed by atoms with van der Waals surface area (Å²) in [5.41, 5.74) is 0. The molecule has 1 unspecified atom stereocenters. The van der Waals surface area contributed by atoms with E-state index in [0.717, 1.165) is 0 Å². The fourth-order valence-electron chi connectivity index (χ4n) is 2.25. The zero-order valence-electron chi connectivity index (χ0n) is 11.0.